The predicted octanol–water partition coefficient (Wildman–Crippen LogP) is 5.85. The fraction of sp³-hybridized carbons (Fsp3) is 0.640. The van der Waals surface area contributed by atoms with Gasteiger partial charge in [-0.3, -0.25) is 24.0 Å². The molecule has 2 aliphatic rings. The van der Waals surface area contributed by atoms with Crippen LogP contribution in [-0.4, -0.2) is 140 Å². The highest BCUT2D eigenvalue weighted by atomic mass is 16.5. The molecule has 1 aliphatic heterocycles. The Balaban J connectivity index is -0.00000134. The first-order chi connectivity index (χ1) is 31.6. The molecule has 0 radical (unpaired) electrons. The number of likely N-dealkylation sites (tertiary alicyclic amines) is 1. The molecule has 6 N–H and O–H groups in total. The molecule has 1 aromatic rings. The van der Waals surface area contributed by atoms with Crippen LogP contribution in [0.2, 0.25) is 0 Å². The third kappa shape index (κ3) is 29.2. The van der Waals surface area contributed by atoms with Gasteiger partial charge < -0.3 is 50.9 Å². The molecule has 4 atom stereocenters. The normalized spacial score (nSPS) is 15.0. The lowest BCUT2D eigenvalue weighted by atomic mass is 10.0. The number of nitrogens with zero attached hydrogens (tertiary/aromatic N) is 3. The summed E-state index contributed by atoms with van der Waals surface area (Å²) < 4.78 is 5.05. The highest BCUT2D eigenvalue weighted by Gasteiger charge is 2.37. The van der Waals surface area contributed by atoms with Gasteiger partial charge in [0.05, 0.1) is 25.7 Å². The van der Waals surface area contributed by atoms with Crippen molar-refractivity contribution in [2.45, 2.75) is 150 Å². The number of aliphatic hydroxyl groups is 2. The second-order valence-corrected chi connectivity index (χ2v) is 15.0. The maximum absolute atomic E-state index is 13.1. The Morgan fingerprint density at radius 2 is 1.41 bits per heavy atom. The van der Waals surface area contributed by atoms with E-state index < -0.39 is 60.4 Å². The number of nitrogens with one attached hydrogen (secondary N) is 4. The number of ether oxygens (including phenoxy) is 1. The standard InChI is InChI=1S/C28H43N7O7.C8H12O2.C6H12.C4H8.2C2H6/c1-6-11-19(31-25(39)20-14-10-15-35(20)22(37)17-30-28(42)34(4)5)24(38)26(40)29-16-21(36)32-23(27(41)33(2)3)18-12-8-7-9-13-18;1-3-8(4-2)10-7-5-6-9;1-2-4-6-5-3-1;1-3-4-2;2*1-2/h7-9,12-13,19-20,23-24,38H,6,10-11,14-17H2,1-5H3,(H,29,40)(H,30,42)(H,31,39)(H,32,36);1,4,9H,5-7H2,2H3;1-6H2;3-4H,1-2H3;2*1-2H3/b;8-4+;;4-3-;;. The second-order valence-electron chi connectivity index (χ2n) is 15.0. The number of urea groups is 1. The van der Waals surface area contributed by atoms with E-state index >= 15 is 0 Å². The van der Waals surface area contributed by atoms with Gasteiger partial charge in [0.2, 0.25) is 23.6 Å². The van der Waals surface area contributed by atoms with Gasteiger partial charge in [-0.15, -0.1) is 6.42 Å². The summed E-state index contributed by atoms with van der Waals surface area (Å²) in [5.41, 5.74) is 0.571. The molecular formula is C50H87N7O9. The van der Waals surface area contributed by atoms with Gasteiger partial charge in [0, 0.05) is 47.8 Å². The monoisotopic (exact) mass is 930 g/mol. The van der Waals surface area contributed by atoms with Crippen LogP contribution in [0.5, 0.6) is 0 Å². The van der Waals surface area contributed by atoms with Crippen LogP contribution in [0.3, 0.4) is 0 Å². The maximum Gasteiger partial charge on any atom is 0.317 e. The lowest BCUT2D eigenvalue weighted by Gasteiger charge is -2.28. The third-order valence-corrected chi connectivity index (χ3v) is 9.60. The molecule has 0 spiro atoms. The Kier molecular flexibility index (Phi) is 41.5. The Bertz CT molecular complexity index is 1560. The number of carbonyl (C=O) groups is 6. The van der Waals surface area contributed by atoms with E-state index in [1.807, 2.05) is 67.5 Å². The van der Waals surface area contributed by atoms with Crippen LogP contribution in [0.15, 0.2) is 54.3 Å². The molecule has 1 saturated carbocycles. The van der Waals surface area contributed by atoms with Gasteiger partial charge in [-0.25, -0.2) is 4.79 Å². The molecule has 16 nitrogen and oxygen atoms in total. The molecule has 1 saturated heterocycles. The van der Waals surface area contributed by atoms with Crippen LogP contribution < -0.4 is 21.3 Å². The summed E-state index contributed by atoms with van der Waals surface area (Å²) in [6, 6.07) is 5.48. The van der Waals surface area contributed by atoms with E-state index in [9.17, 15) is 33.9 Å². The highest BCUT2D eigenvalue weighted by Crippen LogP contribution is 2.19. The molecule has 0 bridgehead atoms. The number of rotatable bonds is 17. The lowest BCUT2D eigenvalue weighted by molar-refractivity contribution is -0.139. The number of hydrogen-bond acceptors (Lipinski definition) is 9. The molecule has 3 rings (SSSR count). The maximum atomic E-state index is 13.1. The van der Waals surface area contributed by atoms with Crippen molar-refractivity contribution in [3.05, 3.63) is 59.9 Å². The molecule has 1 heterocycles. The molecule has 66 heavy (non-hydrogen) atoms. The van der Waals surface area contributed by atoms with Crippen LogP contribution in [-0.2, 0) is 28.7 Å². The van der Waals surface area contributed by atoms with E-state index in [0.29, 0.717) is 50.2 Å². The van der Waals surface area contributed by atoms with E-state index in [2.05, 4.69) is 27.2 Å². The van der Waals surface area contributed by atoms with E-state index in [1.165, 1.54) is 53.2 Å². The van der Waals surface area contributed by atoms with Crippen molar-refractivity contribution in [2.75, 3.05) is 61.0 Å². The number of hydrogen-bond donors (Lipinski definition) is 6. The van der Waals surface area contributed by atoms with Crippen molar-refractivity contribution >= 4 is 35.6 Å². The first kappa shape index (κ1) is 64.9. The molecule has 0 aromatic heterocycles. The molecule has 7 amide bonds. The molecule has 1 aromatic carbocycles. The van der Waals surface area contributed by atoms with Gasteiger partial charge >= 0.3 is 6.03 Å². The Hall–Kier alpha value is -5.40. The average Bonchev–Trinajstić information content (AvgIpc) is 3.85. The molecule has 16 heteroatoms. The minimum atomic E-state index is -1.67. The SMILES string of the molecule is C#C/C(=C\C)OCCCO.C/C=C\C.C1CCCCC1.CC.CC.CCCC(NC(=O)C1CCCN1C(=O)CNC(=O)N(C)C)C(O)C(=O)NCC(=O)NC(C(=O)N(C)C)c1ccccc1. The number of allylic oxidation sites excluding steroid dienone is 4. The van der Waals surface area contributed by atoms with Gasteiger partial charge in [-0.2, -0.15) is 0 Å². The Morgan fingerprint density at radius 3 is 1.86 bits per heavy atom. The molecular weight excluding hydrogens is 843 g/mol. The van der Waals surface area contributed by atoms with E-state index in [0.717, 1.165) is 0 Å². The lowest BCUT2D eigenvalue weighted by Crippen LogP contribution is -2.56. The minimum absolute atomic E-state index is 0.140. The summed E-state index contributed by atoms with van der Waals surface area (Å²) in [6.07, 6.45) is 20.5. The number of benzene rings is 1. The molecule has 1 aliphatic carbocycles. The van der Waals surface area contributed by atoms with Crippen molar-refractivity contribution in [1.82, 2.24) is 36.0 Å². The van der Waals surface area contributed by atoms with Crippen LogP contribution in [0.25, 0.3) is 0 Å². The fourth-order valence-corrected chi connectivity index (χ4v) is 6.02. The number of likely N-dealkylation sites (N-methyl/N-ethyl adjacent to an activating group) is 1. The van der Waals surface area contributed by atoms with Gasteiger partial charge in [0.1, 0.15) is 12.1 Å². The zero-order valence-electron chi connectivity index (χ0n) is 42.4. The largest absolute Gasteiger partial charge is 0.486 e. The Labute approximate surface area is 397 Å². The predicted molar refractivity (Wildman–Crippen MR) is 265 cm³/mol. The first-order valence-electron chi connectivity index (χ1n) is 23.6. The third-order valence-electron chi connectivity index (χ3n) is 9.60. The van der Waals surface area contributed by atoms with E-state index in [4.69, 9.17) is 16.3 Å². The summed E-state index contributed by atoms with van der Waals surface area (Å²) >= 11 is 0. The number of carbonyl (C=O) groups excluding carboxylic acids is 6. The molecule has 2 fully saturated rings. The van der Waals surface area contributed by atoms with Gasteiger partial charge in [0.25, 0.3) is 5.91 Å². The van der Waals surface area contributed by atoms with Crippen molar-refractivity contribution < 1.29 is 43.7 Å². The number of amides is 7. The summed E-state index contributed by atoms with van der Waals surface area (Å²) in [5.74, 6) is 0.102. The summed E-state index contributed by atoms with van der Waals surface area (Å²) in [7, 11) is 6.21. The highest BCUT2D eigenvalue weighted by molar-refractivity contribution is 5.93. The van der Waals surface area contributed by atoms with Crippen LogP contribution in [0.4, 0.5) is 4.79 Å². The summed E-state index contributed by atoms with van der Waals surface area (Å²) in [6.45, 7) is 15.8. The Morgan fingerprint density at radius 1 is 0.848 bits per heavy atom. The van der Waals surface area contributed by atoms with Crippen molar-refractivity contribution in [3.8, 4) is 12.3 Å². The second kappa shape index (κ2) is 42.2. The molecule has 4 unspecified atom stereocenters. The first-order valence-corrected chi connectivity index (χ1v) is 23.6. The number of terminal acetylenes is 1. The fourth-order valence-electron chi connectivity index (χ4n) is 6.02. The van der Waals surface area contributed by atoms with E-state index in [-0.39, 0.29) is 25.5 Å². The van der Waals surface area contributed by atoms with Gasteiger partial charge in [-0.1, -0.05) is 122 Å². The van der Waals surface area contributed by atoms with Crippen molar-refractivity contribution in [1.29, 1.82) is 0 Å². The van der Waals surface area contributed by atoms with Crippen LogP contribution >= 0.6 is 0 Å². The van der Waals surface area contributed by atoms with E-state index in [1.54, 1.807) is 64.6 Å². The zero-order valence-corrected chi connectivity index (χ0v) is 42.4. The quantitative estimate of drug-likeness (QED) is 0.0478. The van der Waals surface area contributed by atoms with Gasteiger partial charge in [-0.05, 0) is 57.6 Å². The topological polar surface area (TPSA) is 210 Å². The van der Waals surface area contributed by atoms with Gasteiger partial charge in [0.15, 0.2) is 11.9 Å². The summed E-state index contributed by atoms with van der Waals surface area (Å²) in [5, 5.41) is 29.3. The van der Waals surface area contributed by atoms with Crippen molar-refractivity contribution in [2.24, 2.45) is 0 Å². The smallest absolute Gasteiger partial charge is 0.317 e. The summed E-state index contributed by atoms with van der Waals surface area (Å²) in [4.78, 5) is 79.6. The van der Waals surface area contributed by atoms with Crippen LogP contribution in [0, 0.1) is 12.3 Å². The number of aliphatic hydroxyl groups excluding tert-OH is 2. The average molecular weight is 930 g/mol. The van der Waals surface area contributed by atoms with Crippen LogP contribution in [0.1, 0.15) is 138 Å². The minimum Gasteiger partial charge on any atom is -0.486 e. The van der Waals surface area contributed by atoms with Crippen molar-refractivity contribution in [3.63, 3.8) is 0 Å². The zero-order chi connectivity index (χ0) is 50.9. The molecule has 376 valence electrons.